The number of anilines is 1. The van der Waals surface area contributed by atoms with Crippen LogP contribution >= 0.6 is 0 Å². The third-order valence-electron chi connectivity index (χ3n) is 6.38. The Balaban J connectivity index is 1.27. The number of aryl methyl sites for hydroxylation is 1. The summed E-state index contributed by atoms with van der Waals surface area (Å²) in [7, 11) is 3.70. The Morgan fingerprint density at radius 2 is 1.77 bits per heavy atom. The molecule has 0 radical (unpaired) electrons. The van der Waals surface area contributed by atoms with Gasteiger partial charge in [0, 0.05) is 65.3 Å². The van der Waals surface area contributed by atoms with E-state index in [0.717, 1.165) is 75.6 Å². The van der Waals surface area contributed by atoms with Gasteiger partial charge in [0.05, 0.1) is 17.4 Å². The molecule has 2 aromatic rings. The van der Waals surface area contributed by atoms with Gasteiger partial charge in [0.1, 0.15) is 5.75 Å². The summed E-state index contributed by atoms with van der Waals surface area (Å²) in [5.41, 5.74) is 2.94. The molecule has 1 saturated heterocycles. The number of amides is 1. The topological polar surface area (TPSA) is 61.2 Å². The van der Waals surface area contributed by atoms with Gasteiger partial charge in [-0.15, -0.1) is 0 Å². The van der Waals surface area contributed by atoms with Gasteiger partial charge in [0.25, 0.3) is 5.91 Å². The highest BCUT2D eigenvalue weighted by atomic mass is 16.5. The minimum absolute atomic E-state index is 0.0260. The minimum Gasteiger partial charge on any atom is -0.508 e. The summed E-state index contributed by atoms with van der Waals surface area (Å²) in [5, 5.41) is 9.46. The Kier molecular flexibility index (Phi) is 6.29. The number of hydrogen-bond donors (Lipinski definition) is 1. The molecule has 0 bridgehead atoms. The fourth-order valence-corrected chi connectivity index (χ4v) is 4.63. The van der Waals surface area contributed by atoms with Gasteiger partial charge in [-0.1, -0.05) is 0 Å². The molecule has 1 aromatic carbocycles. The number of carbonyl (C=O) groups excluding carboxylic acids is 1. The summed E-state index contributed by atoms with van der Waals surface area (Å²) < 4.78 is 7.67. The van der Waals surface area contributed by atoms with E-state index in [2.05, 4.69) is 9.80 Å². The number of phenols is 1. The predicted molar refractivity (Wildman–Crippen MR) is 117 cm³/mol. The van der Waals surface area contributed by atoms with Crippen molar-refractivity contribution < 1.29 is 14.6 Å². The smallest absolute Gasteiger partial charge is 0.255 e. The lowest BCUT2D eigenvalue weighted by atomic mass is 10.1. The van der Waals surface area contributed by atoms with Crippen molar-refractivity contribution in [2.24, 2.45) is 7.05 Å². The molecule has 1 amide bonds. The molecular formula is C23H32N4O3. The van der Waals surface area contributed by atoms with Crippen LogP contribution < -0.4 is 4.90 Å². The quantitative estimate of drug-likeness (QED) is 0.790. The largest absolute Gasteiger partial charge is 0.508 e. The van der Waals surface area contributed by atoms with E-state index in [4.69, 9.17) is 4.74 Å². The van der Waals surface area contributed by atoms with Gasteiger partial charge in [-0.3, -0.25) is 9.69 Å². The Labute approximate surface area is 178 Å². The van der Waals surface area contributed by atoms with Crippen LogP contribution in [0.4, 0.5) is 5.69 Å². The van der Waals surface area contributed by atoms with Crippen molar-refractivity contribution in [3.8, 4) is 5.75 Å². The Morgan fingerprint density at radius 1 is 1.03 bits per heavy atom. The van der Waals surface area contributed by atoms with Crippen molar-refractivity contribution in [2.75, 3.05) is 57.8 Å². The maximum Gasteiger partial charge on any atom is 0.255 e. The van der Waals surface area contributed by atoms with E-state index in [1.54, 1.807) is 19.2 Å². The Morgan fingerprint density at radius 3 is 2.47 bits per heavy atom. The van der Waals surface area contributed by atoms with Crippen molar-refractivity contribution >= 4 is 11.6 Å². The molecule has 162 valence electrons. The molecule has 3 heterocycles. The summed E-state index contributed by atoms with van der Waals surface area (Å²) >= 11 is 0. The van der Waals surface area contributed by atoms with E-state index in [1.165, 1.54) is 0 Å². The maximum atomic E-state index is 13.0. The van der Waals surface area contributed by atoms with Crippen LogP contribution in [0.5, 0.6) is 5.75 Å². The number of aromatic nitrogens is 1. The number of methoxy groups -OCH3 is 1. The van der Waals surface area contributed by atoms with Gasteiger partial charge in [0.15, 0.2) is 0 Å². The van der Waals surface area contributed by atoms with E-state index >= 15 is 0 Å². The lowest BCUT2D eigenvalue weighted by molar-refractivity contribution is 0.0689. The zero-order chi connectivity index (χ0) is 21.1. The van der Waals surface area contributed by atoms with Crippen molar-refractivity contribution in [2.45, 2.75) is 18.9 Å². The molecule has 1 unspecified atom stereocenters. The highest BCUT2D eigenvalue weighted by Crippen LogP contribution is 2.29. The third-order valence-corrected chi connectivity index (χ3v) is 6.38. The Bertz CT molecular complexity index is 856. The molecule has 0 aliphatic carbocycles. The average molecular weight is 413 g/mol. The van der Waals surface area contributed by atoms with Crippen LogP contribution in [-0.4, -0.2) is 78.3 Å². The third kappa shape index (κ3) is 4.32. The first-order valence-electron chi connectivity index (χ1n) is 10.8. The normalized spacial score (nSPS) is 20.3. The lowest BCUT2D eigenvalue weighted by Crippen LogP contribution is -2.47. The van der Waals surface area contributed by atoms with E-state index in [1.807, 2.05) is 40.9 Å². The molecule has 2 aliphatic heterocycles. The molecule has 30 heavy (non-hydrogen) atoms. The zero-order valence-electron chi connectivity index (χ0n) is 18.0. The van der Waals surface area contributed by atoms with Crippen molar-refractivity contribution in [3.05, 3.63) is 47.8 Å². The van der Waals surface area contributed by atoms with E-state index in [-0.39, 0.29) is 12.0 Å². The van der Waals surface area contributed by atoms with Crippen molar-refractivity contribution in [1.82, 2.24) is 14.4 Å². The highest BCUT2D eigenvalue weighted by molar-refractivity contribution is 5.96. The van der Waals surface area contributed by atoms with Gasteiger partial charge >= 0.3 is 0 Å². The van der Waals surface area contributed by atoms with Crippen LogP contribution in [-0.2, 0) is 11.8 Å². The second kappa shape index (κ2) is 9.10. The molecular weight excluding hydrogens is 380 g/mol. The molecule has 1 atom stereocenters. The first kappa shape index (κ1) is 20.8. The van der Waals surface area contributed by atoms with Crippen LogP contribution in [0.15, 0.2) is 36.5 Å². The van der Waals surface area contributed by atoms with E-state index in [9.17, 15) is 9.90 Å². The number of carbonyl (C=O) groups is 1. The van der Waals surface area contributed by atoms with E-state index < -0.39 is 0 Å². The van der Waals surface area contributed by atoms with Crippen LogP contribution in [0.3, 0.4) is 0 Å². The summed E-state index contributed by atoms with van der Waals surface area (Å²) in [4.78, 5) is 19.9. The number of piperazine rings is 1. The molecule has 0 spiro atoms. The van der Waals surface area contributed by atoms with Gasteiger partial charge in [-0.2, -0.15) is 0 Å². The molecule has 1 fully saturated rings. The standard InChI is InChI=1S/C23H32N4O3/c1-24-12-8-20-22(24)21(30-2)9-13-27(23(20)29)11-3-10-25-14-16-26(17-15-25)18-4-6-19(28)7-5-18/h4-8,12,21,28H,3,9-11,13-17H2,1-2H3. The zero-order valence-corrected chi connectivity index (χ0v) is 18.0. The Hall–Kier alpha value is -2.51. The number of phenolic OH excluding ortho intramolecular Hbond substituents is 1. The fourth-order valence-electron chi connectivity index (χ4n) is 4.63. The van der Waals surface area contributed by atoms with Crippen LogP contribution in [0.25, 0.3) is 0 Å². The molecule has 2 aliphatic rings. The summed E-state index contributed by atoms with van der Waals surface area (Å²) in [6.07, 6.45) is 3.73. The predicted octanol–water partition coefficient (Wildman–Crippen LogP) is 2.48. The van der Waals surface area contributed by atoms with Crippen LogP contribution in [0, 0.1) is 0 Å². The van der Waals surface area contributed by atoms with E-state index in [0.29, 0.717) is 5.75 Å². The summed E-state index contributed by atoms with van der Waals surface area (Å²) in [5.74, 6) is 0.433. The molecule has 7 nitrogen and oxygen atoms in total. The highest BCUT2D eigenvalue weighted by Gasteiger charge is 2.30. The second-order valence-electron chi connectivity index (χ2n) is 8.23. The van der Waals surface area contributed by atoms with Gasteiger partial charge in [-0.25, -0.2) is 0 Å². The lowest BCUT2D eigenvalue weighted by Gasteiger charge is -2.36. The number of benzene rings is 1. The average Bonchev–Trinajstić information content (AvgIpc) is 3.08. The molecule has 1 N–H and O–H groups in total. The number of ether oxygens (including phenoxy) is 1. The van der Waals surface area contributed by atoms with Gasteiger partial charge in [0.2, 0.25) is 0 Å². The number of nitrogens with zero attached hydrogens (tertiary/aromatic N) is 4. The minimum atomic E-state index is -0.0260. The molecule has 0 saturated carbocycles. The second-order valence-corrected chi connectivity index (χ2v) is 8.23. The summed E-state index contributed by atoms with van der Waals surface area (Å²) in [6, 6.07) is 9.35. The number of aromatic hydroxyl groups is 1. The van der Waals surface area contributed by atoms with Crippen LogP contribution in [0.2, 0.25) is 0 Å². The van der Waals surface area contributed by atoms with Crippen LogP contribution in [0.1, 0.15) is 35.0 Å². The monoisotopic (exact) mass is 412 g/mol. The first-order valence-corrected chi connectivity index (χ1v) is 10.8. The number of hydrogen-bond acceptors (Lipinski definition) is 5. The number of rotatable bonds is 6. The fraction of sp³-hybridized carbons (Fsp3) is 0.522. The van der Waals surface area contributed by atoms with Crippen molar-refractivity contribution in [1.29, 1.82) is 0 Å². The molecule has 4 rings (SSSR count). The van der Waals surface area contributed by atoms with Gasteiger partial charge < -0.3 is 24.2 Å². The maximum absolute atomic E-state index is 13.0. The number of fused-ring (bicyclic) bond motifs is 1. The molecule has 7 heteroatoms. The summed E-state index contributed by atoms with van der Waals surface area (Å²) in [6.45, 7) is 6.52. The van der Waals surface area contributed by atoms with Crippen molar-refractivity contribution in [3.63, 3.8) is 0 Å². The first-order chi connectivity index (χ1) is 14.6. The molecule has 1 aromatic heterocycles. The van der Waals surface area contributed by atoms with Gasteiger partial charge in [-0.05, 0) is 49.7 Å². The SMILES string of the molecule is COC1CCN(CCCN2CCN(c3ccc(O)cc3)CC2)C(=O)c2ccn(C)c21.